The average Bonchev–Trinajstić information content (AvgIpc) is 2.50. The Hall–Kier alpha value is -0.860. The van der Waals surface area contributed by atoms with E-state index in [1.165, 1.54) is 5.57 Å². The molecule has 0 bridgehead atoms. The SMILES string of the molecule is OCC1OCC=C2C=CC=C21. The molecule has 1 aliphatic heterocycles. The second-order valence-electron chi connectivity index (χ2n) is 2.65. The van der Waals surface area contributed by atoms with Crippen molar-refractivity contribution < 1.29 is 9.84 Å². The van der Waals surface area contributed by atoms with Gasteiger partial charge in [-0.1, -0.05) is 24.3 Å². The fraction of sp³-hybridized carbons (Fsp3) is 0.333. The van der Waals surface area contributed by atoms with Gasteiger partial charge in [-0.25, -0.2) is 0 Å². The normalized spacial score (nSPS) is 27.9. The third kappa shape index (κ3) is 1.04. The Balaban J connectivity index is 2.28. The summed E-state index contributed by atoms with van der Waals surface area (Å²) >= 11 is 0. The highest BCUT2D eigenvalue weighted by molar-refractivity contribution is 5.51. The van der Waals surface area contributed by atoms with E-state index >= 15 is 0 Å². The molecule has 0 saturated carbocycles. The first-order valence-corrected chi connectivity index (χ1v) is 3.73. The van der Waals surface area contributed by atoms with Gasteiger partial charge in [-0.3, -0.25) is 0 Å². The lowest BCUT2D eigenvalue weighted by Gasteiger charge is -2.21. The molecule has 58 valence electrons. The monoisotopic (exact) mass is 150 g/mol. The molecule has 0 fully saturated rings. The predicted octanol–water partition coefficient (Wildman–Crippen LogP) is 0.800. The lowest BCUT2D eigenvalue weighted by atomic mass is 10.0. The lowest BCUT2D eigenvalue weighted by molar-refractivity contribution is 0.0487. The Morgan fingerprint density at radius 2 is 2.55 bits per heavy atom. The van der Waals surface area contributed by atoms with E-state index in [1.54, 1.807) is 0 Å². The van der Waals surface area contributed by atoms with Crippen molar-refractivity contribution in [2.45, 2.75) is 6.10 Å². The Labute approximate surface area is 65.5 Å². The molecule has 0 aromatic carbocycles. The van der Waals surface area contributed by atoms with Crippen LogP contribution in [0.2, 0.25) is 0 Å². The van der Waals surface area contributed by atoms with Gasteiger partial charge in [0.1, 0.15) is 6.10 Å². The number of rotatable bonds is 1. The molecular weight excluding hydrogens is 140 g/mol. The van der Waals surface area contributed by atoms with Crippen LogP contribution in [-0.4, -0.2) is 24.4 Å². The van der Waals surface area contributed by atoms with Gasteiger partial charge in [-0.2, -0.15) is 0 Å². The van der Waals surface area contributed by atoms with E-state index in [-0.39, 0.29) is 12.7 Å². The van der Waals surface area contributed by atoms with Gasteiger partial charge in [-0.15, -0.1) is 0 Å². The van der Waals surface area contributed by atoms with Crippen LogP contribution in [0.5, 0.6) is 0 Å². The predicted molar refractivity (Wildman–Crippen MR) is 42.1 cm³/mol. The average molecular weight is 150 g/mol. The van der Waals surface area contributed by atoms with Crippen molar-refractivity contribution in [2.75, 3.05) is 13.2 Å². The highest BCUT2D eigenvalue weighted by Crippen LogP contribution is 2.26. The summed E-state index contributed by atoms with van der Waals surface area (Å²) < 4.78 is 5.31. The van der Waals surface area contributed by atoms with Crippen LogP contribution in [0, 0.1) is 0 Å². The minimum Gasteiger partial charge on any atom is -0.393 e. The number of ether oxygens (including phenoxy) is 1. The zero-order chi connectivity index (χ0) is 7.68. The number of aliphatic hydroxyl groups is 1. The van der Waals surface area contributed by atoms with E-state index < -0.39 is 0 Å². The number of hydrogen-bond acceptors (Lipinski definition) is 2. The van der Waals surface area contributed by atoms with Crippen molar-refractivity contribution in [3.05, 3.63) is 35.5 Å². The van der Waals surface area contributed by atoms with Gasteiger partial charge in [0.05, 0.1) is 13.2 Å². The maximum absolute atomic E-state index is 8.92. The minimum absolute atomic E-state index is 0.0743. The van der Waals surface area contributed by atoms with E-state index in [1.807, 2.05) is 24.3 Å². The molecule has 11 heavy (non-hydrogen) atoms. The molecule has 1 N–H and O–H groups in total. The Morgan fingerprint density at radius 3 is 3.36 bits per heavy atom. The van der Waals surface area contributed by atoms with Gasteiger partial charge in [0.2, 0.25) is 0 Å². The van der Waals surface area contributed by atoms with E-state index in [4.69, 9.17) is 9.84 Å². The van der Waals surface area contributed by atoms with Crippen LogP contribution in [-0.2, 0) is 4.74 Å². The summed E-state index contributed by atoms with van der Waals surface area (Å²) in [5.74, 6) is 0. The van der Waals surface area contributed by atoms with Gasteiger partial charge in [0, 0.05) is 0 Å². The van der Waals surface area contributed by atoms with Gasteiger partial charge in [0.25, 0.3) is 0 Å². The second-order valence-corrected chi connectivity index (χ2v) is 2.65. The quantitative estimate of drug-likeness (QED) is 0.599. The highest BCUT2D eigenvalue weighted by Gasteiger charge is 2.21. The van der Waals surface area contributed by atoms with Crippen molar-refractivity contribution in [1.82, 2.24) is 0 Å². The molecule has 0 radical (unpaired) electrons. The fourth-order valence-corrected chi connectivity index (χ4v) is 1.42. The molecule has 0 amide bonds. The molecule has 0 spiro atoms. The lowest BCUT2D eigenvalue weighted by Crippen LogP contribution is -2.24. The van der Waals surface area contributed by atoms with Crippen LogP contribution in [0.25, 0.3) is 0 Å². The van der Waals surface area contributed by atoms with E-state index in [9.17, 15) is 0 Å². The molecule has 2 aliphatic rings. The largest absolute Gasteiger partial charge is 0.393 e. The van der Waals surface area contributed by atoms with Crippen LogP contribution in [0.3, 0.4) is 0 Å². The summed E-state index contributed by atoms with van der Waals surface area (Å²) in [5, 5.41) is 8.92. The smallest absolute Gasteiger partial charge is 0.106 e. The number of hydrogen-bond donors (Lipinski definition) is 1. The van der Waals surface area contributed by atoms with Gasteiger partial charge in [0.15, 0.2) is 0 Å². The van der Waals surface area contributed by atoms with E-state index in [0.29, 0.717) is 6.61 Å². The molecule has 1 heterocycles. The molecule has 1 aliphatic carbocycles. The first kappa shape index (κ1) is 6.83. The molecular formula is C9H10O2. The van der Waals surface area contributed by atoms with Gasteiger partial charge < -0.3 is 9.84 Å². The summed E-state index contributed by atoms with van der Waals surface area (Å²) in [7, 11) is 0. The van der Waals surface area contributed by atoms with Crippen LogP contribution in [0.15, 0.2) is 35.5 Å². The number of allylic oxidation sites excluding steroid dienone is 3. The summed E-state index contributed by atoms with van der Waals surface area (Å²) in [4.78, 5) is 0. The summed E-state index contributed by atoms with van der Waals surface area (Å²) in [6.45, 7) is 0.688. The molecule has 2 nitrogen and oxygen atoms in total. The van der Waals surface area contributed by atoms with E-state index in [0.717, 1.165) is 5.57 Å². The standard InChI is InChI=1S/C9H10O2/c10-6-9-8-3-1-2-7(8)4-5-11-9/h1-4,9-10H,5-6H2. The Bertz CT molecular complexity index is 248. The number of aliphatic hydroxyl groups excluding tert-OH is 1. The first-order valence-electron chi connectivity index (χ1n) is 3.73. The molecule has 1 unspecified atom stereocenters. The van der Waals surface area contributed by atoms with Crippen LogP contribution in [0.4, 0.5) is 0 Å². The summed E-state index contributed by atoms with van der Waals surface area (Å²) in [5.41, 5.74) is 2.31. The third-order valence-electron chi connectivity index (χ3n) is 2.00. The molecule has 2 rings (SSSR count). The molecule has 1 atom stereocenters. The Kier molecular flexibility index (Phi) is 1.64. The van der Waals surface area contributed by atoms with Crippen molar-refractivity contribution in [1.29, 1.82) is 0 Å². The molecule has 2 heteroatoms. The van der Waals surface area contributed by atoms with Crippen LogP contribution in [0.1, 0.15) is 0 Å². The fourth-order valence-electron chi connectivity index (χ4n) is 1.42. The summed E-state index contributed by atoms with van der Waals surface area (Å²) in [6.07, 6.45) is 7.94. The molecule has 0 saturated heterocycles. The highest BCUT2D eigenvalue weighted by atomic mass is 16.5. The van der Waals surface area contributed by atoms with Crippen molar-refractivity contribution in [3.8, 4) is 0 Å². The van der Waals surface area contributed by atoms with Gasteiger partial charge in [-0.05, 0) is 11.1 Å². The van der Waals surface area contributed by atoms with E-state index in [2.05, 4.69) is 0 Å². The zero-order valence-corrected chi connectivity index (χ0v) is 6.16. The van der Waals surface area contributed by atoms with Crippen molar-refractivity contribution in [2.24, 2.45) is 0 Å². The van der Waals surface area contributed by atoms with Crippen molar-refractivity contribution in [3.63, 3.8) is 0 Å². The summed E-state index contributed by atoms with van der Waals surface area (Å²) in [6, 6.07) is 0. The molecule has 0 aromatic rings. The number of fused-ring (bicyclic) bond motifs is 1. The van der Waals surface area contributed by atoms with Gasteiger partial charge >= 0.3 is 0 Å². The topological polar surface area (TPSA) is 29.5 Å². The van der Waals surface area contributed by atoms with Crippen LogP contribution >= 0.6 is 0 Å². The maximum Gasteiger partial charge on any atom is 0.106 e. The minimum atomic E-state index is -0.106. The Morgan fingerprint density at radius 1 is 1.64 bits per heavy atom. The molecule has 0 aromatic heterocycles. The first-order chi connectivity index (χ1) is 5.42. The van der Waals surface area contributed by atoms with Crippen molar-refractivity contribution >= 4 is 0 Å². The maximum atomic E-state index is 8.92. The second kappa shape index (κ2) is 2.64. The van der Waals surface area contributed by atoms with Crippen LogP contribution < -0.4 is 0 Å². The third-order valence-corrected chi connectivity index (χ3v) is 2.00. The zero-order valence-electron chi connectivity index (χ0n) is 6.16.